The summed E-state index contributed by atoms with van der Waals surface area (Å²) < 4.78 is 10.3. The number of ether oxygens (including phenoxy) is 2. The van der Waals surface area contributed by atoms with Crippen LogP contribution >= 0.6 is 0 Å². The van der Waals surface area contributed by atoms with E-state index in [2.05, 4.69) is 6.58 Å². The number of hydrogen-bond acceptors (Lipinski definition) is 4. The summed E-state index contributed by atoms with van der Waals surface area (Å²) >= 11 is 0. The van der Waals surface area contributed by atoms with Gasteiger partial charge in [-0.1, -0.05) is 6.08 Å². The first-order chi connectivity index (χ1) is 7.65. The molecular formula is C10H15NO5. The van der Waals surface area contributed by atoms with E-state index in [0.29, 0.717) is 13.2 Å². The Morgan fingerprint density at radius 2 is 2.25 bits per heavy atom. The molecule has 0 saturated carbocycles. The zero-order valence-electron chi connectivity index (χ0n) is 8.92. The van der Waals surface area contributed by atoms with E-state index >= 15 is 0 Å². The number of carbonyl (C=O) groups excluding carboxylic acids is 1. The van der Waals surface area contributed by atoms with Gasteiger partial charge in [-0.2, -0.15) is 0 Å². The Kier molecular flexibility index (Phi) is 4.94. The average molecular weight is 229 g/mol. The van der Waals surface area contributed by atoms with Gasteiger partial charge in [0, 0.05) is 6.54 Å². The molecule has 6 nitrogen and oxygen atoms in total. The lowest BCUT2D eigenvalue weighted by molar-refractivity contribution is -0.160. The highest BCUT2D eigenvalue weighted by atomic mass is 16.6. The van der Waals surface area contributed by atoms with Gasteiger partial charge in [-0.25, -0.2) is 0 Å². The standard InChI is InChI=1S/C10H15NO5/c1-2-3-11(6-9(12)13)10(14)8-7-15-4-5-16-8/h2,8H,1,3-7H2,(H,12,13). The molecule has 1 amide bonds. The number of carboxylic acids is 1. The number of rotatable bonds is 5. The predicted molar refractivity (Wildman–Crippen MR) is 55.0 cm³/mol. The number of aliphatic carboxylic acids is 1. The number of nitrogens with zero attached hydrogens (tertiary/aromatic N) is 1. The molecule has 0 aliphatic carbocycles. The van der Waals surface area contributed by atoms with Crippen LogP contribution in [-0.4, -0.2) is 60.9 Å². The molecule has 0 aromatic rings. The first-order valence-corrected chi connectivity index (χ1v) is 4.96. The third kappa shape index (κ3) is 3.63. The number of amides is 1. The molecule has 0 aromatic heterocycles. The third-order valence-corrected chi connectivity index (χ3v) is 2.08. The smallest absolute Gasteiger partial charge is 0.323 e. The van der Waals surface area contributed by atoms with E-state index in [9.17, 15) is 9.59 Å². The molecule has 1 atom stereocenters. The Morgan fingerprint density at radius 1 is 1.50 bits per heavy atom. The Bertz CT molecular complexity index is 272. The van der Waals surface area contributed by atoms with Crippen molar-refractivity contribution in [1.82, 2.24) is 4.90 Å². The van der Waals surface area contributed by atoms with Crippen molar-refractivity contribution in [3.63, 3.8) is 0 Å². The summed E-state index contributed by atoms with van der Waals surface area (Å²) in [5, 5.41) is 8.66. The maximum absolute atomic E-state index is 11.8. The van der Waals surface area contributed by atoms with E-state index in [1.54, 1.807) is 0 Å². The Labute approximate surface area is 93.4 Å². The maximum atomic E-state index is 11.8. The largest absolute Gasteiger partial charge is 0.480 e. The minimum Gasteiger partial charge on any atom is -0.480 e. The summed E-state index contributed by atoms with van der Waals surface area (Å²) in [5.74, 6) is -1.44. The highest BCUT2D eigenvalue weighted by Crippen LogP contribution is 2.05. The minimum absolute atomic E-state index is 0.173. The van der Waals surface area contributed by atoms with Gasteiger partial charge in [0.25, 0.3) is 5.91 Å². The van der Waals surface area contributed by atoms with Crippen LogP contribution in [0.1, 0.15) is 0 Å². The van der Waals surface area contributed by atoms with Gasteiger partial charge in [0.15, 0.2) is 6.10 Å². The maximum Gasteiger partial charge on any atom is 0.323 e. The summed E-state index contributed by atoms with van der Waals surface area (Å²) in [6, 6.07) is 0. The van der Waals surface area contributed by atoms with Gasteiger partial charge in [0.1, 0.15) is 6.54 Å². The van der Waals surface area contributed by atoms with Gasteiger partial charge in [-0.05, 0) is 0 Å². The fraction of sp³-hybridized carbons (Fsp3) is 0.600. The van der Waals surface area contributed by atoms with Crippen molar-refractivity contribution in [2.24, 2.45) is 0 Å². The van der Waals surface area contributed by atoms with Crippen molar-refractivity contribution < 1.29 is 24.2 Å². The van der Waals surface area contributed by atoms with Crippen molar-refractivity contribution in [2.45, 2.75) is 6.10 Å². The number of carboxylic acid groups (broad SMARTS) is 1. The molecule has 1 unspecified atom stereocenters. The van der Waals surface area contributed by atoms with Crippen LogP contribution in [0.2, 0.25) is 0 Å². The van der Waals surface area contributed by atoms with E-state index in [-0.39, 0.29) is 25.6 Å². The summed E-state index contributed by atoms with van der Waals surface area (Å²) in [6.07, 6.45) is 0.776. The molecule has 16 heavy (non-hydrogen) atoms. The molecule has 0 aromatic carbocycles. The van der Waals surface area contributed by atoms with Gasteiger partial charge in [-0.15, -0.1) is 6.58 Å². The molecule has 1 saturated heterocycles. The molecule has 1 rings (SSSR count). The first-order valence-electron chi connectivity index (χ1n) is 4.96. The topological polar surface area (TPSA) is 76.1 Å². The second-order valence-electron chi connectivity index (χ2n) is 3.34. The lowest BCUT2D eigenvalue weighted by Crippen LogP contribution is -2.47. The quantitative estimate of drug-likeness (QED) is 0.643. The van der Waals surface area contributed by atoms with Gasteiger partial charge >= 0.3 is 5.97 Å². The number of hydrogen-bond donors (Lipinski definition) is 1. The third-order valence-electron chi connectivity index (χ3n) is 2.08. The molecule has 1 N–H and O–H groups in total. The van der Waals surface area contributed by atoms with Gasteiger partial charge in [0.2, 0.25) is 0 Å². The van der Waals surface area contributed by atoms with E-state index in [4.69, 9.17) is 14.6 Å². The van der Waals surface area contributed by atoms with Crippen LogP contribution in [0.5, 0.6) is 0 Å². The van der Waals surface area contributed by atoms with Crippen molar-refractivity contribution in [3.8, 4) is 0 Å². The van der Waals surface area contributed by atoms with Gasteiger partial charge in [-0.3, -0.25) is 9.59 Å². The fourth-order valence-corrected chi connectivity index (χ4v) is 1.39. The fourth-order valence-electron chi connectivity index (χ4n) is 1.39. The van der Waals surface area contributed by atoms with Crippen molar-refractivity contribution in [3.05, 3.63) is 12.7 Å². The van der Waals surface area contributed by atoms with Gasteiger partial charge < -0.3 is 19.5 Å². The van der Waals surface area contributed by atoms with Crippen LogP contribution in [0.4, 0.5) is 0 Å². The predicted octanol–water partition coefficient (Wildman–Crippen LogP) is -0.499. The normalized spacial score (nSPS) is 20.1. The summed E-state index contributed by atoms with van der Waals surface area (Å²) in [5.41, 5.74) is 0. The van der Waals surface area contributed by atoms with E-state index in [1.807, 2.05) is 0 Å². The monoisotopic (exact) mass is 229 g/mol. The molecule has 0 radical (unpaired) electrons. The van der Waals surface area contributed by atoms with Crippen molar-refractivity contribution in [2.75, 3.05) is 32.9 Å². The average Bonchev–Trinajstić information content (AvgIpc) is 2.28. The Balaban J connectivity index is 2.57. The minimum atomic E-state index is -1.06. The molecule has 1 aliphatic heterocycles. The molecule has 1 fully saturated rings. The first kappa shape index (κ1) is 12.7. The second kappa shape index (κ2) is 6.24. The summed E-state index contributed by atoms with van der Waals surface area (Å²) in [6.45, 7) is 4.29. The summed E-state index contributed by atoms with van der Waals surface area (Å²) in [7, 11) is 0. The Morgan fingerprint density at radius 3 is 2.75 bits per heavy atom. The lowest BCUT2D eigenvalue weighted by Gasteiger charge is -2.27. The molecular weight excluding hydrogens is 214 g/mol. The molecule has 0 spiro atoms. The van der Waals surface area contributed by atoms with Crippen LogP contribution in [0.15, 0.2) is 12.7 Å². The Hall–Kier alpha value is -1.40. The molecule has 1 heterocycles. The zero-order chi connectivity index (χ0) is 12.0. The second-order valence-corrected chi connectivity index (χ2v) is 3.34. The highest BCUT2D eigenvalue weighted by Gasteiger charge is 2.27. The van der Waals surface area contributed by atoms with Gasteiger partial charge in [0.05, 0.1) is 19.8 Å². The molecule has 90 valence electrons. The van der Waals surface area contributed by atoms with Crippen molar-refractivity contribution >= 4 is 11.9 Å². The highest BCUT2D eigenvalue weighted by molar-refractivity contribution is 5.85. The molecule has 0 bridgehead atoms. The number of carbonyl (C=O) groups is 2. The van der Waals surface area contributed by atoms with Crippen LogP contribution in [0.25, 0.3) is 0 Å². The van der Waals surface area contributed by atoms with Crippen LogP contribution in [0.3, 0.4) is 0 Å². The van der Waals surface area contributed by atoms with Crippen molar-refractivity contribution in [1.29, 1.82) is 0 Å². The van der Waals surface area contributed by atoms with Crippen LogP contribution < -0.4 is 0 Å². The van der Waals surface area contributed by atoms with E-state index in [1.165, 1.54) is 11.0 Å². The SMILES string of the molecule is C=CCN(CC(=O)O)C(=O)C1COCCO1. The molecule has 1 aliphatic rings. The van der Waals surface area contributed by atoms with Crippen LogP contribution in [0, 0.1) is 0 Å². The lowest BCUT2D eigenvalue weighted by atomic mass is 10.3. The van der Waals surface area contributed by atoms with E-state index in [0.717, 1.165) is 0 Å². The zero-order valence-corrected chi connectivity index (χ0v) is 8.92. The summed E-state index contributed by atoms with van der Waals surface area (Å²) in [4.78, 5) is 23.6. The van der Waals surface area contributed by atoms with Crippen LogP contribution in [-0.2, 0) is 19.1 Å². The molecule has 6 heteroatoms. The van der Waals surface area contributed by atoms with E-state index < -0.39 is 12.1 Å².